The second kappa shape index (κ2) is 3.95. The second-order valence-electron chi connectivity index (χ2n) is 4.66. The van der Waals surface area contributed by atoms with Crippen LogP contribution in [0, 0.1) is 11.3 Å². The maximum atomic E-state index is 5.32. The van der Waals surface area contributed by atoms with Gasteiger partial charge in [0.25, 0.3) is 0 Å². The van der Waals surface area contributed by atoms with Crippen molar-refractivity contribution in [1.29, 1.82) is 0 Å². The summed E-state index contributed by atoms with van der Waals surface area (Å²) in [7, 11) is 0. The van der Waals surface area contributed by atoms with Crippen molar-refractivity contribution in [2.24, 2.45) is 11.3 Å². The Morgan fingerprint density at radius 3 is 2.77 bits per heavy atom. The third-order valence-electron chi connectivity index (χ3n) is 2.91. The Kier molecular flexibility index (Phi) is 2.86. The summed E-state index contributed by atoms with van der Waals surface area (Å²) in [4.78, 5) is 0. The second-order valence-corrected chi connectivity index (χ2v) is 4.66. The molecule has 2 fully saturated rings. The first-order valence-electron chi connectivity index (χ1n) is 5.15. The lowest BCUT2D eigenvalue weighted by molar-refractivity contribution is -0.0992. The molecule has 0 spiro atoms. The van der Waals surface area contributed by atoms with E-state index in [4.69, 9.17) is 9.47 Å². The molecule has 0 aromatic rings. The lowest BCUT2D eigenvalue weighted by atomic mass is 9.88. The lowest BCUT2D eigenvalue weighted by Crippen LogP contribution is -2.48. The first kappa shape index (κ1) is 9.44. The minimum absolute atomic E-state index is 0.402. The van der Waals surface area contributed by atoms with Crippen molar-refractivity contribution in [1.82, 2.24) is 5.32 Å². The summed E-state index contributed by atoms with van der Waals surface area (Å²) in [6.07, 6.45) is 1.22. The van der Waals surface area contributed by atoms with E-state index in [1.54, 1.807) is 0 Å². The summed E-state index contributed by atoms with van der Waals surface area (Å²) >= 11 is 0. The third-order valence-corrected chi connectivity index (χ3v) is 2.91. The standard InChI is InChI=1S/C10H19NO2/c1-10(7-13-8-10)6-11-4-9-2-3-12-5-9/h9,11H,2-8H2,1H3. The lowest BCUT2D eigenvalue weighted by Gasteiger charge is -2.38. The van der Waals surface area contributed by atoms with Gasteiger partial charge in [-0.05, 0) is 12.3 Å². The Hall–Kier alpha value is -0.120. The van der Waals surface area contributed by atoms with Crippen molar-refractivity contribution in [2.75, 3.05) is 39.5 Å². The molecule has 1 unspecified atom stereocenters. The molecule has 3 nitrogen and oxygen atoms in total. The molecule has 1 atom stereocenters. The van der Waals surface area contributed by atoms with E-state index < -0.39 is 0 Å². The fraction of sp³-hybridized carbons (Fsp3) is 1.00. The van der Waals surface area contributed by atoms with Gasteiger partial charge in [-0.1, -0.05) is 6.92 Å². The minimum Gasteiger partial charge on any atom is -0.381 e. The molecule has 1 N–H and O–H groups in total. The highest BCUT2D eigenvalue weighted by atomic mass is 16.5. The van der Waals surface area contributed by atoms with Crippen molar-refractivity contribution in [3.63, 3.8) is 0 Å². The Morgan fingerprint density at radius 2 is 2.23 bits per heavy atom. The largest absolute Gasteiger partial charge is 0.381 e. The van der Waals surface area contributed by atoms with Crippen LogP contribution >= 0.6 is 0 Å². The highest BCUT2D eigenvalue weighted by Gasteiger charge is 2.32. The predicted molar refractivity (Wildman–Crippen MR) is 50.7 cm³/mol. The van der Waals surface area contributed by atoms with Crippen LogP contribution in [0.2, 0.25) is 0 Å². The zero-order chi connectivity index (χ0) is 9.15. The number of hydrogen-bond acceptors (Lipinski definition) is 3. The summed E-state index contributed by atoms with van der Waals surface area (Å²) in [6, 6.07) is 0. The van der Waals surface area contributed by atoms with Gasteiger partial charge in [0.15, 0.2) is 0 Å². The highest BCUT2D eigenvalue weighted by Crippen LogP contribution is 2.25. The average Bonchev–Trinajstić information content (AvgIpc) is 2.54. The van der Waals surface area contributed by atoms with Crippen LogP contribution in [0.1, 0.15) is 13.3 Å². The molecule has 0 aromatic heterocycles. The first-order valence-corrected chi connectivity index (χ1v) is 5.15. The van der Waals surface area contributed by atoms with Crippen LogP contribution in [0.3, 0.4) is 0 Å². The number of rotatable bonds is 4. The molecule has 0 radical (unpaired) electrons. The Bertz CT molecular complexity index is 162. The van der Waals surface area contributed by atoms with E-state index in [0.717, 1.165) is 45.4 Å². The van der Waals surface area contributed by atoms with Gasteiger partial charge in [-0.3, -0.25) is 0 Å². The van der Waals surface area contributed by atoms with Crippen molar-refractivity contribution >= 4 is 0 Å². The van der Waals surface area contributed by atoms with E-state index in [1.165, 1.54) is 6.42 Å². The van der Waals surface area contributed by atoms with Crippen LogP contribution in [0.4, 0.5) is 0 Å². The zero-order valence-corrected chi connectivity index (χ0v) is 8.34. The smallest absolute Gasteiger partial charge is 0.0554 e. The first-order chi connectivity index (χ1) is 6.29. The van der Waals surface area contributed by atoms with E-state index in [0.29, 0.717) is 5.41 Å². The minimum atomic E-state index is 0.402. The fourth-order valence-electron chi connectivity index (χ4n) is 1.87. The van der Waals surface area contributed by atoms with Crippen molar-refractivity contribution in [2.45, 2.75) is 13.3 Å². The van der Waals surface area contributed by atoms with Gasteiger partial charge in [-0.2, -0.15) is 0 Å². The molecule has 2 aliphatic heterocycles. The topological polar surface area (TPSA) is 30.5 Å². The normalized spacial score (nSPS) is 31.6. The molecular weight excluding hydrogens is 166 g/mol. The van der Waals surface area contributed by atoms with Crippen LogP contribution in [0.5, 0.6) is 0 Å². The van der Waals surface area contributed by atoms with Gasteiger partial charge < -0.3 is 14.8 Å². The van der Waals surface area contributed by atoms with Gasteiger partial charge in [0, 0.05) is 25.1 Å². The summed E-state index contributed by atoms with van der Waals surface area (Å²) < 4.78 is 10.5. The van der Waals surface area contributed by atoms with Crippen LogP contribution in [0.15, 0.2) is 0 Å². The molecule has 0 aliphatic carbocycles. The monoisotopic (exact) mass is 185 g/mol. The van der Waals surface area contributed by atoms with Crippen molar-refractivity contribution in [3.05, 3.63) is 0 Å². The van der Waals surface area contributed by atoms with Gasteiger partial charge in [0.05, 0.1) is 19.8 Å². The molecular formula is C10H19NO2. The molecule has 2 saturated heterocycles. The maximum Gasteiger partial charge on any atom is 0.0554 e. The zero-order valence-electron chi connectivity index (χ0n) is 8.34. The van der Waals surface area contributed by atoms with Gasteiger partial charge in [0.1, 0.15) is 0 Å². The Balaban J connectivity index is 1.57. The van der Waals surface area contributed by atoms with Crippen LogP contribution in [-0.4, -0.2) is 39.5 Å². The van der Waals surface area contributed by atoms with Gasteiger partial charge in [-0.25, -0.2) is 0 Å². The summed E-state index contributed by atoms with van der Waals surface area (Å²) in [5.41, 5.74) is 0.402. The molecule has 13 heavy (non-hydrogen) atoms. The quantitative estimate of drug-likeness (QED) is 0.697. The number of ether oxygens (including phenoxy) is 2. The number of nitrogens with one attached hydrogen (secondary N) is 1. The van der Waals surface area contributed by atoms with E-state index in [-0.39, 0.29) is 0 Å². The van der Waals surface area contributed by atoms with E-state index >= 15 is 0 Å². The molecule has 2 heterocycles. The van der Waals surface area contributed by atoms with E-state index in [9.17, 15) is 0 Å². The molecule has 0 aromatic carbocycles. The predicted octanol–water partition coefficient (Wildman–Crippen LogP) is 0.649. The summed E-state index contributed by atoms with van der Waals surface area (Å²) in [5, 5.41) is 3.51. The number of hydrogen-bond donors (Lipinski definition) is 1. The Labute approximate surface area is 79.8 Å². The summed E-state index contributed by atoms with van der Waals surface area (Å²) in [6.45, 7) is 8.20. The molecule has 2 aliphatic rings. The molecule has 2 rings (SSSR count). The van der Waals surface area contributed by atoms with Gasteiger partial charge in [-0.15, -0.1) is 0 Å². The molecule has 0 amide bonds. The molecule has 0 saturated carbocycles. The maximum absolute atomic E-state index is 5.32. The van der Waals surface area contributed by atoms with Gasteiger partial charge in [0.2, 0.25) is 0 Å². The molecule has 0 bridgehead atoms. The van der Waals surface area contributed by atoms with Crippen LogP contribution in [0.25, 0.3) is 0 Å². The van der Waals surface area contributed by atoms with E-state index in [2.05, 4.69) is 12.2 Å². The Morgan fingerprint density at radius 1 is 1.38 bits per heavy atom. The van der Waals surface area contributed by atoms with E-state index in [1.807, 2.05) is 0 Å². The highest BCUT2D eigenvalue weighted by molar-refractivity contribution is 4.83. The molecule has 3 heteroatoms. The van der Waals surface area contributed by atoms with Crippen LogP contribution < -0.4 is 5.32 Å². The van der Waals surface area contributed by atoms with Crippen molar-refractivity contribution in [3.8, 4) is 0 Å². The van der Waals surface area contributed by atoms with Crippen LogP contribution in [-0.2, 0) is 9.47 Å². The SMILES string of the molecule is CC1(CNCC2CCOC2)COC1. The summed E-state index contributed by atoms with van der Waals surface area (Å²) in [5.74, 6) is 0.740. The van der Waals surface area contributed by atoms with Crippen molar-refractivity contribution < 1.29 is 9.47 Å². The third kappa shape index (κ3) is 2.42. The molecule has 76 valence electrons. The fourth-order valence-corrected chi connectivity index (χ4v) is 1.87. The van der Waals surface area contributed by atoms with Gasteiger partial charge >= 0.3 is 0 Å². The average molecular weight is 185 g/mol.